The number of carbonyl (C=O) groups excluding carboxylic acids is 1. The molecule has 0 radical (unpaired) electrons. The fourth-order valence-corrected chi connectivity index (χ4v) is 1.92. The second-order valence-electron chi connectivity index (χ2n) is 4.11. The summed E-state index contributed by atoms with van der Waals surface area (Å²) in [5.74, 6) is -0.517. The predicted octanol–water partition coefficient (Wildman–Crippen LogP) is 1.89. The molecule has 2 aromatic rings. The number of hydrogen-bond acceptors (Lipinski definition) is 5. The number of nitrogen functional groups attached to an aromatic ring is 3. The molecule has 19 heavy (non-hydrogen) atoms. The largest absolute Gasteiger partial charge is 0.465 e. The van der Waals surface area contributed by atoms with Crippen molar-refractivity contribution in [2.75, 3.05) is 24.3 Å². The van der Waals surface area contributed by atoms with E-state index in [0.717, 1.165) is 5.56 Å². The lowest BCUT2D eigenvalue weighted by molar-refractivity contribution is 0.0603. The van der Waals surface area contributed by atoms with E-state index in [1.807, 2.05) is 0 Å². The molecule has 98 valence electrons. The van der Waals surface area contributed by atoms with Crippen LogP contribution >= 0.6 is 0 Å². The van der Waals surface area contributed by atoms with Gasteiger partial charge in [0.1, 0.15) is 0 Å². The van der Waals surface area contributed by atoms with Gasteiger partial charge in [0.15, 0.2) is 0 Å². The van der Waals surface area contributed by atoms with Crippen molar-refractivity contribution >= 4 is 23.0 Å². The Bertz CT molecular complexity index is 621. The maximum Gasteiger partial charge on any atom is 0.340 e. The molecule has 0 aromatic heterocycles. The minimum absolute atomic E-state index is 0.271. The Kier molecular flexibility index (Phi) is 3.29. The Balaban J connectivity index is 2.70. The van der Waals surface area contributed by atoms with Crippen LogP contribution in [0.2, 0.25) is 0 Å². The molecule has 0 aliphatic carbocycles. The van der Waals surface area contributed by atoms with E-state index in [9.17, 15) is 4.79 Å². The summed E-state index contributed by atoms with van der Waals surface area (Å²) in [7, 11) is 1.30. The molecule has 5 nitrogen and oxygen atoms in total. The molecule has 0 amide bonds. The fourth-order valence-electron chi connectivity index (χ4n) is 1.92. The summed E-state index contributed by atoms with van der Waals surface area (Å²) in [6.07, 6.45) is 0. The van der Waals surface area contributed by atoms with Crippen molar-refractivity contribution in [1.29, 1.82) is 0 Å². The number of anilines is 3. The van der Waals surface area contributed by atoms with Crippen molar-refractivity contribution in [2.45, 2.75) is 0 Å². The van der Waals surface area contributed by atoms with Crippen LogP contribution in [-0.2, 0) is 4.74 Å². The summed E-state index contributed by atoms with van der Waals surface area (Å²) in [4.78, 5) is 11.9. The Labute approximate surface area is 111 Å². The van der Waals surface area contributed by atoms with Gasteiger partial charge in [0.05, 0.1) is 12.7 Å². The number of rotatable bonds is 2. The van der Waals surface area contributed by atoms with Crippen molar-refractivity contribution in [3.05, 3.63) is 42.0 Å². The molecule has 0 heterocycles. The van der Waals surface area contributed by atoms with E-state index < -0.39 is 5.97 Å². The molecular weight excluding hydrogens is 242 g/mol. The first-order valence-electron chi connectivity index (χ1n) is 5.66. The Morgan fingerprint density at radius 1 is 0.947 bits per heavy atom. The van der Waals surface area contributed by atoms with E-state index in [1.165, 1.54) is 7.11 Å². The number of benzene rings is 2. The first-order valence-corrected chi connectivity index (χ1v) is 5.66. The van der Waals surface area contributed by atoms with E-state index >= 15 is 0 Å². The van der Waals surface area contributed by atoms with Crippen molar-refractivity contribution in [2.24, 2.45) is 0 Å². The van der Waals surface area contributed by atoms with Gasteiger partial charge in [0.25, 0.3) is 0 Å². The molecular formula is C14H15N3O2. The molecule has 0 aliphatic heterocycles. The predicted molar refractivity (Wildman–Crippen MR) is 76.5 cm³/mol. The maximum absolute atomic E-state index is 11.9. The molecule has 5 heteroatoms. The normalized spacial score (nSPS) is 10.2. The lowest BCUT2D eigenvalue weighted by Crippen LogP contribution is -2.09. The summed E-state index contributed by atoms with van der Waals surface area (Å²) >= 11 is 0. The molecule has 0 aliphatic rings. The van der Waals surface area contributed by atoms with E-state index in [4.69, 9.17) is 21.9 Å². The third-order valence-electron chi connectivity index (χ3n) is 2.86. The van der Waals surface area contributed by atoms with Crippen LogP contribution in [0.3, 0.4) is 0 Å². The number of methoxy groups -OCH3 is 1. The summed E-state index contributed by atoms with van der Waals surface area (Å²) in [5.41, 5.74) is 20.5. The topological polar surface area (TPSA) is 104 Å². The van der Waals surface area contributed by atoms with Gasteiger partial charge < -0.3 is 21.9 Å². The zero-order valence-corrected chi connectivity index (χ0v) is 10.5. The SMILES string of the molecule is COC(=O)c1c(N)ccc(N)c1-c1ccc(N)cc1. The first-order chi connectivity index (χ1) is 9.04. The number of ether oxygens (including phenoxy) is 1. The molecule has 0 saturated heterocycles. The van der Waals surface area contributed by atoms with Gasteiger partial charge >= 0.3 is 5.97 Å². The van der Waals surface area contributed by atoms with Gasteiger partial charge in [0.2, 0.25) is 0 Å². The van der Waals surface area contributed by atoms with Crippen LogP contribution in [0.15, 0.2) is 36.4 Å². The Hall–Kier alpha value is -2.69. The highest BCUT2D eigenvalue weighted by molar-refractivity contribution is 6.05. The van der Waals surface area contributed by atoms with Gasteiger partial charge in [-0.3, -0.25) is 0 Å². The van der Waals surface area contributed by atoms with Crippen molar-refractivity contribution in [3.8, 4) is 11.1 Å². The highest BCUT2D eigenvalue weighted by Gasteiger charge is 2.19. The lowest BCUT2D eigenvalue weighted by Gasteiger charge is -2.13. The quantitative estimate of drug-likeness (QED) is 0.563. The van der Waals surface area contributed by atoms with E-state index in [0.29, 0.717) is 22.6 Å². The van der Waals surface area contributed by atoms with Gasteiger partial charge in [-0.1, -0.05) is 12.1 Å². The van der Waals surface area contributed by atoms with Crippen LogP contribution in [-0.4, -0.2) is 13.1 Å². The zero-order valence-electron chi connectivity index (χ0n) is 10.5. The third kappa shape index (κ3) is 2.30. The van der Waals surface area contributed by atoms with Crippen molar-refractivity contribution in [3.63, 3.8) is 0 Å². The van der Waals surface area contributed by atoms with Crippen LogP contribution in [0.4, 0.5) is 17.1 Å². The standard InChI is InChI=1S/C14H15N3O2/c1-19-14(18)13-11(17)7-6-10(16)12(13)8-2-4-9(15)5-3-8/h2-7H,15-17H2,1H3. The Morgan fingerprint density at radius 3 is 2.11 bits per heavy atom. The Morgan fingerprint density at radius 2 is 1.53 bits per heavy atom. The highest BCUT2D eigenvalue weighted by atomic mass is 16.5. The monoisotopic (exact) mass is 257 g/mol. The first kappa shape index (κ1) is 12.8. The molecule has 0 fully saturated rings. The van der Waals surface area contributed by atoms with Crippen LogP contribution in [0.1, 0.15) is 10.4 Å². The van der Waals surface area contributed by atoms with Gasteiger partial charge in [-0.2, -0.15) is 0 Å². The summed E-state index contributed by atoms with van der Waals surface area (Å²) in [6.45, 7) is 0. The fraction of sp³-hybridized carbons (Fsp3) is 0.0714. The summed E-state index contributed by atoms with van der Waals surface area (Å²) in [5, 5.41) is 0. The zero-order chi connectivity index (χ0) is 14.0. The minimum atomic E-state index is -0.517. The molecule has 2 aromatic carbocycles. The van der Waals surface area contributed by atoms with Crippen LogP contribution < -0.4 is 17.2 Å². The van der Waals surface area contributed by atoms with Crippen molar-refractivity contribution in [1.82, 2.24) is 0 Å². The van der Waals surface area contributed by atoms with Gasteiger partial charge in [-0.15, -0.1) is 0 Å². The number of hydrogen-bond donors (Lipinski definition) is 3. The molecule has 6 N–H and O–H groups in total. The second-order valence-corrected chi connectivity index (χ2v) is 4.11. The van der Waals surface area contributed by atoms with Crippen molar-refractivity contribution < 1.29 is 9.53 Å². The third-order valence-corrected chi connectivity index (χ3v) is 2.86. The van der Waals surface area contributed by atoms with E-state index in [2.05, 4.69) is 0 Å². The number of esters is 1. The maximum atomic E-state index is 11.9. The average molecular weight is 257 g/mol. The van der Waals surface area contributed by atoms with Crippen LogP contribution in [0.5, 0.6) is 0 Å². The molecule has 0 unspecified atom stereocenters. The molecule has 2 rings (SSSR count). The molecule has 0 spiro atoms. The number of nitrogens with two attached hydrogens (primary N) is 3. The summed E-state index contributed by atoms with van der Waals surface area (Å²) < 4.78 is 4.76. The van der Waals surface area contributed by atoms with E-state index in [-0.39, 0.29) is 5.56 Å². The van der Waals surface area contributed by atoms with Crippen LogP contribution in [0, 0.1) is 0 Å². The van der Waals surface area contributed by atoms with Gasteiger partial charge in [0, 0.05) is 22.6 Å². The lowest BCUT2D eigenvalue weighted by atomic mass is 9.96. The van der Waals surface area contributed by atoms with Crippen LogP contribution in [0.25, 0.3) is 11.1 Å². The average Bonchev–Trinajstić information content (AvgIpc) is 2.41. The van der Waals surface area contributed by atoms with Gasteiger partial charge in [-0.05, 0) is 29.8 Å². The summed E-state index contributed by atoms with van der Waals surface area (Å²) in [6, 6.07) is 10.3. The molecule has 0 saturated carbocycles. The molecule has 0 atom stereocenters. The van der Waals surface area contributed by atoms with Gasteiger partial charge in [-0.25, -0.2) is 4.79 Å². The smallest absolute Gasteiger partial charge is 0.340 e. The highest BCUT2D eigenvalue weighted by Crippen LogP contribution is 2.34. The molecule has 0 bridgehead atoms. The minimum Gasteiger partial charge on any atom is -0.465 e. The van der Waals surface area contributed by atoms with E-state index in [1.54, 1.807) is 36.4 Å². The second kappa shape index (κ2) is 4.89. The number of carbonyl (C=O) groups is 1.